The number of hydrogen-bond donors (Lipinski definition) is 0. The topological polar surface area (TPSA) is 9.72 Å². The van der Waals surface area contributed by atoms with E-state index in [-0.39, 0.29) is 6.71 Å². The van der Waals surface area contributed by atoms with Crippen LogP contribution in [0, 0.1) is 0 Å². The molecule has 2 heterocycles. The van der Waals surface area contributed by atoms with Crippen LogP contribution in [0.3, 0.4) is 0 Å². The van der Waals surface area contributed by atoms with Gasteiger partial charge in [-0.25, -0.2) is 0 Å². The van der Waals surface area contributed by atoms with Gasteiger partial charge in [0.1, 0.15) is 0 Å². The Hall–Kier alpha value is -15.9. The van der Waals surface area contributed by atoms with Crippen LogP contribution in [0.5, 0.6) is 0 Å². The minimum Gasteiger partial charge on any atom is -0.311 e. The van der Waals surface area contributed by atoms with Gasteiger partial charge in [-0.2, -0.15) is 0 Å². The lowest BCUT2D eigenvalue weighted by molar-refractivity contribution is 1.23. The molecule has 21 aromatic carbocycles. The molecule has 0 aliphatic carbocycles. The lowest BCUT2D eigenvalue weighted by Gasteiger charge is -2.45. The predicted octanol–water partition coefficient (Wildman–Crippen LogP) is 30.5. The molecule has 568 valence electrons. The second kappa shape index (κ2) is 30.2. The molecular formula is C118H78BN3. The molecule has 2 aliphatic rings. The molecular weight excluding hydrogens is 1470 g/mol. The number of nitrogens with zero attached hydrogens (tertiary/aromatic N) is 3. The third-order valence-corrected chi connectivity index (χ3v) is 25.1. The Morgan fingerprint density at radius 1 is 0.156 bits per heavy atom. The van der Waals surface area contributed by atoms with E-state index in [0.717, 1.165) is 95.7 Å². The zero-order valence-corrected chi connectivity index (χ0v) is 67.0. The van der Waals surface area contributed by atoms with Crippen LogP contribution >= 0.6 is 0 Å². The van der Waals surface area contributed by atoms with Crippen LogP contribution in [-0.4, -0.2) is 6.71 Å². The van der Waals surface area contributed by atoms with Gasteiger partial charge >= 0.3 is 0 Å². The normalized spacial score (nSPS) is 12.0. The molecule has 0 aromatic heterocycles. The average Bonchev–Trinajstić information content (AvgIpc) is 0.690. The minimum absolute atomic E-state index is 0.334. The molecule has 0 saturated carbocycles. The average molecular weight is 1550 g/mol. The first-order valence-electron chi connectivity index (χ1n) is 42.2. The molecule has 4 heteroatoms. The summed E-state index contributed by atoms with van der Waals surface area (Å²) in [6.45, 7) is -0.334. The molecule has 0 unspecified atom stereocenters. The Labute approximate surface area is 711 Å². The molecule has 23 rings (SSSR count). The summed E-state index contributed by atoms with van der Waals surface area (Å²) in [5, 5.41) is 9.57. The lowest BCUT2D eigenvalue weighted by atomic mass is 9.33. The highest BCUT2D eigenvalue weighted by molar-refractivity contribution is 7.00. The van der Waals surface area contributed by atoms with Gasteiger partial charge in [0, 0.05) is 45.5 Å². The molecule has 0 fully saturated rings. The van der Waals surface area contributed by atoms with Crippen LogP contribution in [0.1, 0.15) is 0 Å². The SMILES string of the molecule is c1ccc(-c2cccc(N(c3cccc(-c4ccccc4)c3)c3cc4c5c(c3)N(c3ccc(-c6cc7ccccc7cc6-c6ccccc6)cc3)c3ccc(-c6cc7ccccc7cc6-c6ccccc6)cc3B5c3cc(-c5cc6ccccc6cc5-c5ccccc5)ccc3N4c3ccc(-c4cc5ccccc5cc4-c4ccccc4)cc3)c2)cc1. The van der Waals surface area contributed by atoms with Crippen LogP contribution in [0.25, 0.3) is 154 Å². The van der Waals surface area contributed by atoms with Crippen molar-refractivity contribution >= 4 is 117 Å². The summed E-state index contributed by atoms with van der Waals surface area (Å²) in [7, 11) is 0. The Morgan fingerprint density at radius 2 is 0.393 bits per heavy atom. The van der Waals surface area contributed by atoms with Crippen LogP contribution in [0.2, 0.25) is 0 Å². The van der Waals surface area contributed by atoms with Crippen LogP contribution in [0.15, 0.2) is 473 Å². The molecule has 0 atom stereocenters. The molecule has 3 nitrogen and oxygen atoms in total. The van der Waals surface area contributed by atoms with Gasteiger partial charge in [0.2, 0.25) is 0 Å². The fraction of sp³-hybridized carbons (Fsp3) is 0. The highest BCUT2D eigenvalue weighted by Crippen LogP contribution is 2.52. The summed E-state index contributed by atoms with van der Waals surface area (Å²) in [6, 6.07) is 177. The quantitative estimate of drug-likeness (QED) is 0.0947. The maximum atomic E-state index is 2.61. The van der Waals surface area contributed by atoms with E-state index < -0.39 is 0 Å². The monoisotopic (exact) mass is 1550 g/mol. The van der Waals surface area contributed by atoms with Crippen molar-refractivity contribution in [2.45, 2.75) is 0 Å². The van der Waals surface area contributed by atoms with Gasteiger partial charge in [0.05, 0.1) is 5.69 Å². The maximum absolute atomic E-state index is 2.61. The van der Waals surface area contributed by atoms with Crippen molar-refractivity contribution in [2.75, 3.05) is 14.7 Å². The predicted molar refractivity (Wildman–Crippen MR) is 520 cm³/mol. The van der Waals surface area contributed by atoms with Gasteiger partial charge in [-0.05, 0) is 292 Å². The first-order chi connectivity index (χ1) is 60.5. The molecule has 0 amide bonds. The number of anilines is 9. The van der Waals surface area contributed by atoms with Crippen molar-refractivity contribution in [3.63, 3.8) is 0 Å². The number of fused-ring (bicyclic) bond motifs is 8. The number of rotatable bonds is 15. The molecule has 2 aliphatic heterocycles. The standard InChI is InChI=1S/C118H78BN3/c1-7-29-79(30-8-1)87-49-27-51-101(65-87)120(102-52-28-50-88(66-102)80-31-9-2-10-32-80)103-77-116-118-117(78-103)122(100-61-55-86(56-62-100)109-72-94-46-22-20-42-90(94)68-105(109)82-35-13-4-14-36-82)115-64-58-98(111-74-96-48-26-24-44-92(96)70-107(111)84-39-17-6-18-40-84)76-113(115)119(118)112-75-97(110-73-95-47-25-23-43-91(95)69-106(110)83-37-15-5-16-38-83)57-63-114(112)121(116)99-59-53-85(54-60-99)108-71-93-45-21-19-41-89(93)67-104(108)81-33-11-3-12-34-81/h1-78H. The van der Waals surface area contributed by atoms with Gasteiger partial charge in [-0.3, -0.25) is 0 Å². The Balaban J connectivity index is 0.830. The third kappa shape index (κ3) is 12.8. The van der Waals surface area contributed by atoms with Crippen molar-refractivity contribution in [2.24, 2.45) is 0 Å². The van der Waals surface area contributed by atoms with Gasteiger partial charge < -0.3 is 14.7 Å². The fourth-order valence-electron chi connectivity index (χ4n) is 19.3. The molecule has 21 aromatic rings. The summed E-state index contributed by atoms with van der Waals surface area (Å²) in [4.78, 5) is 7.72. The molecule has 0 spiro atoms. The van der Waals surface area contributed by atoms with E-state index in [4.69, 9.17) is 0 Å². The summed E-state index contributed by atoms with van der Waals surface area (Å²) < 4.78 is 0. The van der Waals surface area contributed by atoms with Gasteiger partial charge in [0.25, 0.3) is 6.71 Å². The summed E-state index contributed by atoms with van der Waals surface area (Å²) in [6.07, 6.45) is 0. The largest absolute Gasteiger partial charge is 0.311 e. The van der Waals surface area contributed by atoms with E-state index in [1.54, 1.807) is 0 Å². The molecule has 0 bridgehead atoms. The van der Waals surface area contributed by atoms with Crippen LogP contribution < -0.4 is 31.1 Å². The van der Waals surface area contributed by atoms with Crippen molar-refractivity contribution in [1.29, 1.82) is 0 Å². The highest BCUT2D eigenvalue weighted by Gasteiger charge is 2.45. The van der Waals surface area contributed by atoms with Crippen LogP contribution in [0.4, 0.5) is 51.2 Å². The van der Waals surface area contributed by atoms with E-state index in [9.17, 15) is 0 Å². The maximum Gasteiger partial charge on any atom is 0.252 e. The molecule has 0 N–H and O–H groups in total. The van der Waals surface area contributed by atoms with E-state index in [1.165, 1.54) is 126 Å². The van der Waals surface area contributed by atoms with E-state index >= 15 is 0 Å². The van der Waals surface area contributed by atoms with Crippen LogP contribution in [-0.2, 0) is 0 Å². The number of benzene rings is 21. The van der Waals surface area contributed by atoms with E-state index in [2.05, 4.69) is 488 Å². The smallest absolute Gasteiger partial charge is 0.252 e. The molecule has 0 saturated heterocycles. The van der Waals surface area contributed by atoms with Crippen molar-refractivity contribution in [3.8, 4) is 111 Å². The summed E-state index contributed by atoms with van der Waals surface area (Å²) in [5.41, 5.74) is 36.2. The second-order valence-corrected chi connectivity index (χ2v) is 32.3. The Morgan fingerprint density at radius 3 is 0.680 bits per heavy atom. The van der Waals surface area contributed by atoms with E-state index in [0.29, 0.717) is 0 Å². The van der Waals surface area contributed by atoms with Crippen molar-refractivity contribution < 1.29 is 0 Å². The molecule has 122 heavy (non-hydrogen) atoms. The fourth-order valence-corrected chi connectivity index (χ4v) is 19.3. The Bertz CT molecular complexity index is 7160. The molecule has 0 radical (unpaired) electrons. The zero-order valence-electron chi connectivity index (χ0n) is 67.0. The zero-order chi connectivity index (χ0) is 80.6. The van der Waals surface area contributed by atoms with Crippen molar-refractivity contribution in [3.05, 3.63) is 473 Å². The number of hydrogen-bond acceptors (Lipinski definition) is 3. The summed E-state index contributed by atoms with van der Waals surface area (Å²) >= 11 is 0. The minimum atomic E-state index is -0.334. The highest BCUT2D eigenvalue weighted by atomic mass is 15.2. The first kappa shape index (κ1) is 71.4. The van der Waals surface area contributed by atoms with Gasteiger partial charge in [-0.1, -0.05) is 352 Å². The van der Waals surface area contributed by atoms with E-state index in [1.807, 2.05) is 0 Å². The van der Waals surface area contributed by atoms with Gasteiger partial charge in [-0.15, -0.1) is 0 Å². The van der Waals surface area contributed by atoms with Gasteiger partial charge in [0.15, 0.2) is 0 Å². The Kier molecular flexibility index (Phi) is 17.7. The second-order valence-electron chi connectivity index (χ2n) is 32.3. The van der Waals surface area contributed by atoms with Crippen molar-refractivity contribution in [1.82, 2.24) is 0 Å². The summed E-state index contributed by atoms with van der Waals surface area (Å²) in [5.74, 6) is 0. The first-order valence-corrected chi connectivity index (χ1v) is 42.2. The lowest BCUT2D eigenvalue weighted by Crippen LogP contribution is -2.61. The third-order valence-electron chi connectivity index (χ3n) is 25.1.